The van der Waals surface area contributed by atoms with Crippen LogP contribution in [0.15, 0.2) is 42.5 Å². The molecular formula is C18H19Br2Cl. The average molecular weight is 431 g/mol. The number of rotatable bonds is 5. The molecule has 0 saturated heterocycles. The van der Waals surface area contributed by atoms with Gasteiger partial charge in [0.25, 0.3) is 0 Å². The van der Waals surface area contributed by atoms with Gasteiger partial charge in [-0.05, 0) is 48.6 Å². The second-order valence-electron chi connectivity index (χ2n) is 5.57. The molecule has 0 aromatic heterocycles. The molecule has 0 radical (unpaired) electrons. The van der Waals surface area contributed by atoms with Crippen molar-refractivity contribution in [3.05, 3.63) is 69.7 Å². The highest BCUT2D eigenvalue weighted by molar-refractivity contribution is 9.09. The molecule has 0 heterocycles. The summed E-state index contributed by atoms with van der Waals surface area (Å²) in [5.74, 6) is 0. The Labute approximate surface area is 149 Å². The standard InChI is InChI=1S/C18H19Br2Cl/c1-13-6-5-7-14(2)15(13)10-18(11-19,12-20)16-8-3-4-9-17(16)21/h3-9H,10-12H2,1-2H3. The van der Waals surface area contributed by atoms with Crippen LogP contribution >= 0.6 is 43.5 Å². The first kappa shape index (κ1) is 17.1. The van der Waals surface area contributed by atoms with E-state index in [1.54, 1.807) is 0 Å². The van der Waals surface area contributed by atoms with Gasteiger partial charge in [-0.3, -0.25) is 0 Å². The molecule has 2 aromatic carbocycles. The molecule has 0 amide bonds. The summed E-state index contributed by atoms with van der Waals surface area (Å²) in [5.41, 5.74) is 5.25. The van der Waals surface area contributed by atoms with Gasteiger partial charge in [-0.25, -0.2) is 0 Å². The van der Waals surface area contributed by atoms with Gasteiger partial charge in [-0.2, -0.15) is 0 Å². The summed E-state index contributed by atoms with van der Waals surface area (Å²) in [6.45, 7) is 4.37. The van der Waals surface area contributed by atoms with Crippen LogP contribution in [0.3, 0.4) is 0 Å². The first-order valence-corrected chi connectivity index (χ1v) is 9.58. The zero-order valence-electron chi connectivity index (χ0n) is 12.3. The van der Waals surface area contributed by atoms with E-state index in [2.05, 4.69) is 76.0 Å². The van der Waals surface area contributed by atoms with Crippen LogP contribution in [0.25, 0.3) is 0 Å². The lowest BCUT2D eigenvalue weighted by Crippen LogP contribution is -2.34. The summed E-state index contributed by atoms with van der Waals surface area (Å²) in [6.07, 6.45) is 0.964. The lowest BCUT2D eigenvalue weighted by molar-refractivity contribution is 0.548. The average Bonchev–Trinajstić information content (AvgIpc) is 2.49. The summed E-state index contributed by atoms with van der Waals surface area (Å²) in [4.78, 5) is 0. The first-order chi connectivity index (χ1) is 10.0. The van der Waals surface area contributed by atoms with Crippen molar-refractivity contribution >= 4 is 43.5 Å². The normalized spacial score (nSPS) is 11.7. The van der Waals surface area contributed by atoms with Gasteiger partial charge in [0.05, 0.1) is 0 Å². The Balaban J connectivity index is 2.51. The molecule has 0 spiro atoms. The summed E-state index contributed by atoms with van der Waals surface area (Å²) in [5, 5.41) is 2.56. The van der Waals surface area contributed by atoms with Crippen LogP contribution in [0.2, 0.25) is 5.02 Å². The van der Waals surface area contributed by atoms with Crippen molar-refractivity contribution < 1.29 is 0 Å². The predicted molar refractivity (Wildman–Crippen MR) is 100 cm³/mol. The Hall–Kier alpha value is -0.310. The molecule has 21 heavy (non-hydrogen) atoms. The molecule has 0 nitrogen and oxygen atoms in total. The molecule has 0 aliphatic rings. The molecule has 0 bridgehead atoms. The zero-order valence-corrected chi connectivity index (χ0v) is 16.2. The van der Waals surface area contributed by atoms with E-state index in [1.165, 1.54) is 22.3 Å². The number of benzene rings is 2. The maximum Gasteiger partial charge on any atom is 0.0444 e. The van der Waals surface area contributed by atoms with Crippen molar-refractivity contribution in [2.24, 2.45) is 0 Å². The van der Waals surface area contributed by atoms with Gasteiger partial charge in [0.15, 0.2) is 0 Å². The van der Waals surface area contributed by atoms with Gasteiger partial charge in [0.2, 0.25) is 0 Å². The van der Waals surface area contributed by atoms with Gasteiger partial charge in [0.1, 0.15) is 0 Å². The van der Waals surface area contributed by atoms with Crippen LogP contribution in [-0.4, -0.2) is 10.7 Å². The van der Waals surface area contributed by atoms with E-state index in [-0.39, 0.29) is 5.41 Å². The minimum Gasteiger partial charge on any atom is -0.0918 e. The third-order valence-corrected chi connectivity index (χ3v) is 6.59. The highest BCUT2D eigenvalue weighted by Crippen LogP contribution is 2.38. The lowest BCUT2D eigenvalue weighted by Gasteiger charge is -2.33. The molecule has 0 unspecified atom stereocenters. The third kappa shape index (κ3) is 3.55. The number of aryl methyl sites for hydroxylation is 2. The van der Waals surface area contributed by atoms with Crippen LogP contribution in [0.5, 0.6) is 0 Å². The van der Waals surface area contributed by atoms with Crippen LogP contribution < -0.4 is 0 Å². The third-order valence-electron chi connectivity index (χ3n) is 4.12. The Morgan fingerprint density at radius 2 is 1.48 bits per heavy atom. The molecule has 112 valence electrons. The second kappa shape index (κ2) is 7.30. The van der Waals surface area contributed by atoms with Crippen molar-refractivity contribution in [2.75, 3.05) is 10.7 Å². The largest absolute Gasteiger partial charge is 0.0918 e. The quantitative estimate of drug-likeness (QED) is 0.494. The molecule has 0 aliphatic heterocycles. The summed E-state index contributed by atoms with van der Waals surface area (Å²) >= 11 is 13.9. The molecular weight excluding hydrogens is 411 g/mol. The molecule has 0 fully saturated rings. The van der Waals surface area contributed by atoms with Crippen molar-refractivity contribution in [1.29, 1.82) is 0 Å². The van der Waals surface area contributed by atoms with E-state index in [1.807, 2.05) is 12.1 Å². The van der Waals surface area contributed by atoms with Gasteiger partial charge >= 0.3 is 0 Å². The predicted octanol–water partition coefficient (Wildman–Crippen LogP) is 6.23. The van der Waals surface area contributed by atoms with E-state index in [9.17, 15) is 0 Å². The zero-order chi connectivity index (χ0) is 15.5. The number of hydrogen-bond donors (Lipinski definition) is 0. The second-order valence-corrected chi connectivity index (χ2v) is 7.10. The maximum atomic E-state index is 6.47. The van der Waals surface area contributed by atoms with E-state index >= 15 is 0 Å². The lowest BCUT2D eigenvalue weighted by atomic mass is 9.77. The molecule has 2 aromatic rings. The maximum absolute atomic E-state index is 6.47. The smallest absolute Gasteiger partial charge is 0.0444 e. The highest BCUT2D eigenvalue weighted by Gasteiger charge is 2.33. The van der Waals surface area contributed by atoms with Crippen molar-refractivity contribution in [1.82, 2.24) is 0 Å². The van der Waals surface area contributed by atoms with Crippen LogP contribution in [0.4, 0.5) is 0 Å². The van der Waals surface area contributed by atoms with E-state index < -0.39 is 0 Å². The number of halogens is 3. The van der Waals surface area contributed by atoms with Gasteiger partial charge in [-0.1, -0.05) is 79.9 Å². The highest BCUT2D eigenvalue weighted by atomic mass is 79.9. The number of hydrogen-bond acceptors (Lipinski definition) is 0. The van der Waals surface area contributed by atoms with Gasteiger partial charge in [-0.15, -0.1) is 0 Å². The molecule has 3 heteroatoms. The minimum atomic E-state index is -0.0464. The number of alkyl halides is 2. The van der Waals surface area contributed by atoms with E-state index in [0.29, 0.717) is 0 Å². The fourth-order valence-electron chi connectivity index (χ4n) is 2.73. The monoisotopic (exact) mass is 428 g/mol. The van der Waals surface area contributed by atoms with Crippen molar-refractivity contribution in [3.63, 3.8) is 0 Å². The topological polar surface area (TPSA) is 0 Å². The van der Waals surface area contributed by atoms with Crippen LogP contribution in [-0.2, 0) is 11.8 Å². The minimum absolute atomic E-state index is 0.0464. The van der Waals surface area contributed by atoms with E-state index in [4.69, 9.17) is 11.6 Å². The molecule has 2 rings (SSSR count). The fourth-order valence-corrected chi connectivity index (χ4v) is 4.99. The Kier molecular flexibility index (Phi) is 5.93. The molecule has 0 N–H and O–H groups in total. The van der Waals surface area contributed by atoms with Crippen molar-refractivity contribution in [2.45, 2.75) is 25.7 Å². The Bertz CT molecular complexity index is 598. The summed E-state index contributed by atoms with van der Waals surface area (Å²) in [7, 11) is 0. The molecule has 0 saturated carbocycles. The van der Waals surface area contributed by atoms with Crippen LogP contribution in [0, 0.1) is 13.8 Å². The van der Waals surface area contributed by atoms with Gasteiger partial charge in [0, 0.05) is 21.1 Å². The first-order valence-electron chi connectivity index (χ1n) is 6.96. The fraction of sp³-hybridized carbons (Fsp3) is 0.333. The molecule has 0 atom stereocenters. The Morgan fingerprint density at radius 1 is 0.905 bits per heavy atom. The SMILES string of the molecule is Cc1cccc(C)c1CC(CBr)(CBr)c1ccccc1Cl. The van der Waals surface area contributed by atoms with E-state index in [0.717, 1.165) is 22.1 Å². The Morgan fingerprint density at radius 3 is 2.00 bits per heavy atom. The summed E-state index contributed by atoms with van der Waals surface area (Å²) in [6, 6.07) is 14.6. The van der Waals surface area contributed by atoms with Gasteiger partial charge < -0.3 is 0 Å². The molecule has 0 aliphatic carbocycles. The van der Waals surface area contributed by atoms with Crippen molar-refractivity contribution in [3.8, 4) is 0 Å². The van der Waals surface area contributed by atoms with Crippen LogP contribution in [0.1, 0.15) is 22.3 Å². The summed E-state index contributed by atoms with van der Waals surface area (Å²) < 4.78 is 0.